The van der Waals surface area contributed by atoms with Gasteiger partial charge in [-0.15, -0.1) is 0 Å². The standard InChI is InChI=1S/C17H20ClN3O4S/c1-26-10-9-13(17(23)24)19-14(22)3-2-4-15-20-16(21-25-15)11-5-7-12(18)8-6-11/h5-8,13H,2-4,9-10H2,1H3,(H,19,22)(H,23,24). The number of benzene rings is 1. The minimum Gasteiger partial charge on any atom is -0.480 e. The monoisotopic (exact) mass is 397 g/mol. The van der Waals surface area contributed by atoms with Crippen LogP contribution < -0.4 is 5.32 Å². The van der Waals surface area contributed by atoms with Crippen LogP contribution in [0.2, 0.25) is 5.02 Å². The molecule has 26 heavy (non-hydrogen) atoms. The Hall–Kier alpha value is -2.06. The van der Waals surface area contributed by atoms with Gasteiger partial charge in [0.1, 0.15) is 6.04 Å². The second-order valence-electron chi connectivity index (χ2n) is 5.61. The fourth-order valence-corrected chi connectivity index (χ4v) is 2.83. The molecular weight excluding hydrogens is 378 g/mol. The maximum atomic E-state index is 11.9. The summed E-state index contributed by atoms with van der Waals surface area (Å²) in [6.07, 6.45) is 3.42. The van der Waals surface area contributed by atoms with Gasteiger partial charge in [0.05, 0.1) is 0 Å². The maximum absolute atomic E-state index is 11.9. The number of aliphatic carboxylic acids is 1. The first kappa shape index (κ1) is 20.3. The Kier molecular flexibility index (Phi) is 7.93. The first-order chi connectivity index (χ1) is 12.5. The van der Waals surface area contributed by atoms with Gasteiger partial charge in [0.15, 0.2) is 0 Å². The Morgan fingerprint density at radius 1 is 1.35 bits per heavy atom. The fourth-order valence-electron chi connectivity index (χ4n) is 2.23. The fraction of sp³-hybridized carbons (Fsp3) is 0.412. The number of carboxylic acid groups (broad SMARTS) is 1. The number of thioether (sulfide) groups is 1. The number of carbonyl (C=O) groups is 2. The topological polar surface area (TPSA) is 105 Å². The van der Waals surface area contributed by atoms with E-state index < -0.39 is 12.0 Å². The van der Waals surface area contributed by atoms with Crippen LogP contribution in [0.1, 0.15) is 25.2 Å². The number of hydrogen-bond donors (Lipinski definition) is 2. The van der Waals surface area contributed by atoms with E-state index in [1.807, 2.05) is 6.26 Å². The van der Waals surface area contributed by atoms with Gasteiger partial charge in [0, 0.05) is 23.4 Å². The summed E-state index contributed by atoms with van der Waals surface area (Å²) in [5, 5.41) is 16.2. The van der Waals surface area contributed by atoms with Crippen LogP contribution in [-0.2, 0) is 16.0 Å². The van der Waals surface area contributed by atoms with Gasteiger partial charge >= 0.3 is 5.97 Å². The number of nitrogens with one attached hydrogen (secondary N) is 1. The Labute approximate surface area is 160 Å². The van der Waals surface area contributed by atoms with E-state index in [1.165, 1.54) is 0 Å². The lowest BCUT2D eigenvalue weighted by Crippen LogP contribution is -2.41. The summed E-state index contributed by atoms with van der Waals surface area (Å²) in [5.74, 6) is 0.254. The number of nitrogens with zero attached hydrogens (tertiary/aromatic N) is 2. The van der Waals surface area contributed by atoms with Crippen molar-refractivity contribution >= 4 is 35.2 Å². The second kappa shape index (κ2) is 10.2. The molecule has 0 bridgehead atoms. The van der Waals surface area contributed by atoms with Crippen molar-refractivity contribution in [3.05, 3.63) is 35.2 Å². The van der Waals surface area contributed by atoms with Crippen LogP contribution in [0.25, 0.3) is 11.4 Å². The van der Waals surface area contributed by atoms with Crippen LogP contribution in [0, 0.1) is 0 Å². The number of carboxylic acids is 1. The van der Waals surface area contributed by atoms with Crippen LogP contribution in [0.4, 0.5) is 0 Å². The quantitative estimate of drug-likeness (QED) is 0.634. The van der Waals surface area contributed by atoms with Gasteiger partial charge in [-0.1, -0.05) is 16.8 Å². The summed E-state index contributed by atoms with van der Waals surface area (Å²) in [5.41, 5.74) is 0.792. The van der Waals surface area contributed by atoms with Crippen molar-refractivity contribution in [2.24, 2.45) is 0 Å². The number of halogens is 1. The van der Waals surface area contributed by atoms with Crippen molar-refractivity contribution in [1.82, 2.24) is 15.5 Å². The molecule has 1 heterocycles. The van der Waals surface area contributed by atoms with E-state index in [0.29, 0.717) is 41.8 Å². The van der Waals surface area contributed by atoms with Gasteiger partial charge in [-0.05, 0) is 49.1 Å². The maximum Gasteiger partial charge on any atom is 0.326 e. The van der Waals surface area contributed by atoms with Crippen LogP contribution in [0.3, 0.4) is 0 Å². The molecule has 2 N–H and O–H groups in total. The summed E-state index contributed by atoms with van der Waals surface area (Å²) in [6, 6.07) is 6.23. The van der Waals surface area contributed by atoms with E-state index in [0.717, 1.165) is 5.56 Å². The average molecular weight is 398 g/mol. The summed E-state index contributed by atoms with van der Waals surface area (Å²) < 4.78 is 5.18. The number of aryl methyl sites for hydroxylation is 1. The first-order valence-corrected chi connectivity index (χ1v) is 9.86. The van der Waals surface area contributed by atoms with Gasteiger partial charge < -0.3 is 14.9 Å². The van der Waals surface area contributed by atoms with Crippen LogP contribution in [0.15, 0.2) is 28.8 Å². The van der Waals surface area contributed by atoms with Crippen LogP contribution in [0.5, 0.6) is 0 Å². The molecular formula is C17H20ClN3O4S. The first-order valence-electron chi connectivity index (χ1n) is 8.09. The molecule has 0 radical (unpaired) electrons. The SMILES string of the molecule is CSCCC(NC(=O)CCCc1nc(-c2ccc(Cl)cc2)no1)C(=O)O. The van der Waals surface area contributed by atoms with Crippen molar-refractivity contribution < 1.29 is 19.2 Å². The number of rotatable bonds is 10. The van der Waals surface area contributed by atoms with Gasteiger partial charge in [-0.3, -0.25) is 4.79 Å². The third-order valence-electron chi connectivity index (χ3n) is 3.61. The van der Waals surface area contributed by atoms with Crippen molar-refractivity contribution in [2.75, 3.05) is 12.0 Å². The highest BCUT2D eigenvalue weighted by molar-refractivity contribution is 7.98. The highest BCUT2D eigenvalue weighted by atomic mass is 35.5. The van der Waals surface area contributed by atoms with E-state index in [2.05, 4.69) is 15.5 Å². The highest BCUT2D eigenvalue weighted by Crippen LogP contribution is 2.19. The molecule has 1 atom stereocenters. The van der Waals surface area contributed by atoms with Gasteiger partial charge in [0.25, 0.3) is 0 Å². The molecule has 0 saturated heterocycles. The lowest BCUT2D eigenvalue weighted by atomic mass is 10.2. The smallest absolute Gasteiger partial charge is 0.326 e. The minimum absolute atomic E-state index is 0.196. The number of hydrogen-bond acceptors (Lipinski definition) is 6. The van der Waals surface area contributed by atoms with Crippen molar-refractivity contribution in [3.8, 4) is 11.4 Å². The third kappa shape index (κ3) is 6.34. The molecule has 9 heteroatoms. The Morgan fingerprint density at radius 2 is 2.08 bits per heavy atom. The van der Waals surface area contributed by atoms with Crippen molar-refractivity contribution in [2.45, 2.75) is 31.7 Å². The molecule has 2 rings (SSSR count). The van der Waals surface area contributed by atoms with Gasteiger partial charge in [-0.25, -0.2) is 4.79 Å². The van der Waals surface area contributed by atoms with E-state index in [1.54, 1.807) is 36.0 Å². The van der Waals surface area contributed by atoms with E-state index in [9.17, 15) is 9.59 Å². The zero-order valence-electron chi connectivity index (χ0n) is 14.3. The normalized spacial score (nSPS) is 11.9. The molecule has 0 aliphatic carbocycles. The number of amides is 1. The average Bonchev–Trinajstić information content (AvgIpc) is 3.08. The Balaban J connectivity index is 1.79. The molecule has 1 unspecified atom stereocenters. The molecule has 0 saturated carbocycles. The minimum atomic E-state index is -1.02. The summed E-state index contributed by atoms with van der Waals surface area (Å²) in [4.78, 5) is 27.3. The number of carbonyl (C=O) groups excluding carboxylic acids is 1. The molecule has 0 fully saturated rings. The largest absolute Gasteiger partial charge is 0.480 e. The molecule has 1 aromatic carbocycles. The number of aromatic nitrogens is 2. The molecule has 1 aromatic heterocycles. The van der Waals surface area contributed by atoms with Crippen LogP contribution >= 0.6 is 23.4 Å². The molecule has 7 nitrogen and oxygen atoms in total. The molecule has 2 aromatic rings. The summed E-state index contributed by atoms with van der Waals surface area (Å²) >= 11 is 7.39. The molecule has 0 aliphatic heterocycles. The summed E-state index contributed by atoms with van der Waals surface area (Å²) in [7, 11) is 0. The van der Waals surface area contributed by atoms with E-state index in [4.69, 9.17) is 21.2 Å². The lowest BCUT2D eigenvalue weighted by Gasteiger charge is -2.13. The Morgan fingerprint density at radius 3 is 2.73 bits per heavy atom. The summed E-state index contributed by atoms with van der Waals surface area (Å²) in [6.45, 7) is 0. The zero-order valence-corrected chi connectivity index (χ0v) is 15.8. The molecule has 0 aliphatic rings. The second-order valence-corrected chi connectivity index (χ2v) is 7.03. The van der Waals surface area contributed by atoms with E-state index >= 15 is 0 Å². The highest BCUT2D eigenvalue weighted by Gasteiger charge is 2.19. The van der Waals surface area contributed by atoms with Crippen molar-refractivity contribution in [1.29, 1.82) is 0 Å². The third-order valence-corrected chi connectivity index (χ3v) is 4.50. The van der Waals surface area contributed by atoms with E-state index in [-0.39, 0.29) is 12.3 Å². The molecule has 140 valence electrons. The predicted octanol–water partition coefficient (Wildman–Crippen LogP) is 3.04. The van der Waals surface area contributed by atoms with Gasteiger partial charge in [0.2, 0.25) is 17.6 Å². The van der Waals surface area contributed by atoms with Crippen LogP contribution in [-0.4, -0.2) is 45.2 Å². The predicted molar refractivity (Wildman–Crippen MR) is 100 cm³/mol. The zero-order chi connectivity index (χ0) is 18.9. The molecule has 0 spiro atoms. The Bertz CT molecular complexity index is 736. The van der Waals surface area contributed by atoms with Crippen molar-refractivity contribution in [3.63, 3.8) is 0 Å². The lowest BCUT2D eigenvalue weighted by molar-refractivity contribution is -0.141. The van der Waals surface area contributed by atoms with Gasteiger partial charge in [-0.2, -0.15) is 16.7 Å². The molecule has 1 amide bonds.